The molecule has 4 rings (SSSR count). The van der Waals surface area contributed by atoms with Crippen LogP contribution < -0.4 is 5.32 Å². The van der Waals surface area contributed by atoms with Crippen LogP contribution in [-0.2, 0) is 17.8 Å². The van der Waals surface area contributed by atoms with Crippen molar-refractivity contribution in [2.75, 3.05) is 26.2 Å². The molecule has 2 fully saturated rings. The molecule has 0 aromatic heterocycles. The van der Waals surface area contributed by atoms with Gasteiger partial charge in [-0.1, -0.05) is 37.1 Å². The highest BCUT2D eigenvalue weighted by Crippen LogP contribution is 2.25. The molecule has 1 aromatic rings. The van der Waals surface area contributed by atoms with Crippen molar-refractivity contribution in [1.82, 2.24) is 15.1 Å². The van der Waals surface area contributed by atoms with Crippen LogP contribution in [0.15, 0.2) is 24.3 Å². The number of hydrogen-bond acceptors (Lipinski definition) is 3. The summed E-state index contributed by atoms with van der Waals surface area (Å²) < 4.78 is 0. The van der Waals surface area contributed by atoms with Gasteiger partial charge in [0.2, 0.25) is 5.91 Å². The lowest BCUT2D eigenvalue weighted by molar-refractivity contribution is -0.135. The number of hydrogen-bond donors (Lipinski definition) is 1. The molecule has 23 heavy (non-hydrogen) atoms. The highest BCUT2D eigenvalue weighted by molar-refractivity contribution is 5.82. The van der Waals surface area contributed by atoms with Crippen molar-refractivity contribution in [1.29, 1.82) is 0 Å². The van der Waals surface area contributed by atoms with E-state index in [-0.39, 0.29) is 6.04 Å². The summed E-state index contributed by atoms with van der Waals surface area (Å²) in [5.41, 5.74) is 2.66. The second-order valence-electron chi connectivity index (χ2n) is 7.21. The summed E-state index contributed by atoms with van der Waals surface area (Å²) in [6.07, 6.45) is 6.31. The lowest BCUT2D eigenvalue weighted by atomic mass is 9.95. The summed E-state index contributed by atoms with van der Waals surface area (Å²) in [7, 11) is 0. The fourth-order valence-electron chi connectivity index (χ4n) is 4.43. The van der Waals surface area contributed by atoms with Crippen LogP contribution in [0.1, 0.15) is 36.8 Å². The number of amides is 1. The highest BCUT2D eigenvalue weighted by atomic mass is 16.2. The zero-order valence-electron chi connectivity index (χ0n) is 13.8. The Balaban J connectivity index is 1.34. The lowest BCUT2D eigenvalue weighted by Gasteiger charge is -2.40. The summed E-state index contributed by atoms with van der Waals surface area (Å²) >= 11 is 0. The average molecular weight is 313 g/mol. The summed E-state index contributed by atoms with van der Waals surface area (Å²) in [6.45, 7) is 4.72. The molecule has 4 nitrogen and oxygen atoms in total. The SMILES string of the molecule is O=C(C1Cc2ccccc2CN1)N1CCN(C2CCCC2)CC1. The number of nitrogens with zero attached hydrogens (tertiary/aromatic N) is 2. The maximum absolute atomic E-state index is 12.8. The summed E-state index contributed by atoms with van der Waals surface area (Å²) in [5, 5.41) is 3.43. The van der Waals surface area contributed by atoms with Crippen LogP contribution >= 0.6 is 0 Å². The van der Waals surface area contributed by atoms with Gasteiger partial charge in [-0.2, -0.15) is 0 Å². The standard InChI is InChI=1S/C19H27N3O/c23-19(18-13-15-5-1-2-6-16(15)14-20-18)22-11-9-21(10-12-22)17-7-3-4-8-17/h1-2,5-6,17-18,20H,3-4,7-14H2. The molecule has 1 aromatic carbocycles. The molecule has 124 valence electrons. The molecule has 2 aliphatic heterocycles. The number of benzene rings is 1. The van der Waals surface area contributed by atoms with Crippen LogP contribution in [0.25, 0.3) is 0 Å². The predicted molar refractivity (Wildman–Crippen MR) is 91.2 cm³/mol. The van der Waals surface area contributed by atoms with Crippen LogP contribution in [-0.4, -0.2) is 54.0 Å². The Hall–Kier alpha value is -1.39. The normalized spacial score (nSPS) is 26.3. The van der Waals surface area contributed by atoms with Crippen LogP contribution in [0, 0.1) is 0 Å². The van der Waals surface area contributed by atoms with Crippen LogP contribution in [0.2, 0.25) is 0 Å². The molecular formula is C19H27N3O. The Kier molecular flexibility index (Phi) is 4.36. The van der Waals surface area contributed by atoms with E-state index in [2.05, 4.69) is 39.4 Å². The molecule has 0 bridgehead atoms. The molecule has 1 unspecified atom stereocenters. The Morgan fingerprint density at radius 3 is 2.43 bits per heavy atom. The van der Waals surface area contributed by atoms with Gasteiger partial charge in [-0.05, 0) is 30.4 Å². The molecular weight excluding hydrogens is 286 g/mol. The van der Waals surface area contributed by atoms with E-state index in [4.69, 9.17) is 0 Å². The number of piperazine rings is 1. The second kappa shape index (κ2) is 6.62. The molecule has 1 aliphatic carbocycles. The van der Waals surface area contributed by atoms with Crippen LogP contribution in [0.5, 0.6) is 0 Å². The van der Waals surface area contributed by atoms with Gasteiger partial charge in [0.05, 0.1) is 6.04 Å². The third kappa shape index (κ3) is 3.15. The molecule has 2 heterocycles. The van der Waals surface area contributed by atoms with E-state index in [0.29, 0.717) is 5.91 Å². The van der Waals surface area contributed by atoms with E-state index in [1.54, 1.807) is 0 Å². The Bertz CT molecular complexity index is 559. The Labute approximate surface area is 138 Å². The number of carbonyl (C=O) groups is 1. The molecule has 1 amide bonds. The largest absolute Gasteiger partial charge is 0.339 e. The first kappa shape index (κ1) is 15.2. The smallest absolute Gasteiger partial charge is 0.240 e. The van der Waals surface area contributed by atoms with E-state index >= 15 is 0 Å². The summed E-state index contributed by atoms with van der Waals surface area (Å²) in [6, 6.07) is 9.21. The topological polar surface area (TPSA) is 35.6 Å². The third-order valence-electron chi connectivity index (χ3n) is 5.85. The van der Waals surface area contributed by atoms with Crippen molar-refractivity contribution in [3.05, 3.63) is 35.4 Å². The minimum absolute atomic E-state index is 0.0390. The first-order chi connectivity index (χ1) is 11.3. The Morgan fingerprint density at radius 1 is 1.00 bits per heavy atom. The molecule has 3 aliphatic rings. The van der Waals surface area contributed by atoms with E-state index in [0.717, 1.165) is 45.2 Å². The fourth-order valence-corrected chi connectivity index (χ4v) is 4.43. The van der Waals surface area contributed by atoms with E-state index in [1.165, 1.54) is 36.8 Å². The summed E-state index contributed by atoms with van der Waals surface area (Å²) in [5.74, 6) is 0.297. The molecule has 0 radical (unpaired) electrons. The van der Waals surface area contributed by atoms with Gasteiger partial charge >= 0.3 is 0 Å². The number of fused-ring (bicyclic) bond motifs is 1. The van der Waals surface area contributed by atoms with Crippen molar-refractivity contribution < 1.29 is 4.79 Å². The van der Waals surface area contributed by atoms with E-state index < -0.39 is 0 Å². The molecule has 1 saturated carbocycles. The monoisotopic (exact) mass is 313 g/mol. The minimum Gasteiger partial charge on any atom is -0.339 e. The molecule has 4 heteroatoms. The average Bonchev–Trinajstić information content (AvgIpc) is 3.15. The lowest BCUT2D eigenvalue weighted by Crippen LogP contribution is -2.56. The molecule has 1 N–H and O–H groups in total. The molecule has 1 saturated heterocycles. The number of nitrogens with one attached hydrogen (secondary N) is 1. The van der Waals surface area contributed by atoms with E-state index in [9.17, 15) is 4.79 Å². The Morgan fingerprint density at radius 2 is 1.70 bits per heavy atom. The second-order valence-corrected chi connectivity index (χ2v) is 7.21. The maximum atomic E-state index is 12.8. The van der Waals surface area contributed by atoms with Crippen molar-refractivity contribution in [2.24, 2.45) is 0 Å². The minimum atomic E-state index is -0.0390. The van der Waals surface area contributed by atoms with Crippen molar-refractivity contribution in [3.8, 4) is 0 Å². The summed E-state index contributed by atoms with van der Waals surface area (Å²) in [4.78, 5) is 17.5. The first-order valence-electron chi connectivity index (χ1n) is 9.14. The van der Waals surface area contributed by atoms with Crippen LogP contribution in [0.3, 0.4) is 0 Å². The predicted octanol–water partition coefficient (Wildman–Crippen LogP) is 1.79. The van der Waals surface area contributed by atoms with Gasteiger partial charge in [0.1, 0.15) is 0 Å². The fraction of sp³-hybridized carbons (Fsp3) is 0.632. The van der Waals surface area contributed by atoms with Gasteiger partial charge in [-0.3, -0.25) is 9.69 Å². The zero-order chi connectivity index (χ0) is 15.6. The number of rotatable bonds is 2. The molecule has 0 spiro atoms. The van der Waals surface area contributed by atoms with Crippen molar-refractivity contribution >= 4 is 5.91 Å². The first-order valence-corrected chi connectivity index (χ1v) is 9.14. The van der Waals surface area contributed by atoms with E-state index in [1.807, 2.05) is 0 Å². The van der Waals surface area contributed by atoms with Crippen molar-refractivity contribution in [2.45, 2.75) is 50.7 Å². The quantitative estimate of drug-likeness (QED) is 0.904. The van der Waals surface area contributed by atoms with Gasteiger partial charge < -0.3 is 10.2 Å². The van der Waals surface area contributed by atoms with Crippen molar-refractivity contribution in [3.63, 3.8) is 0 Å². The van der Waals surface area contributed by atoms with Gasteiger partial charge in [-0.15, -0.1) is 0 Å². The van der Waals surface area contributed by atoms with Gasteiger partial charge in [0, 0.05) is 38.8 Å². The maximum Gasteiger partial charge on any atom is 0.240 e. The molecule has 1 atom stereocenters. The van der Waals surface area contributed by atoms with Gasteiger partial charge in [0.25, 0.3) is 0 Å². The third-order valence-corrected chi connectivity index (χ3v) is 5.85. The van der Waals surface area contributed by atoms with Gasteiger partial charge in [-0.25, -0.2) is 0 Å². The highest BCUT2D eigenvalue weighted by Gasteiger charge is 2.32. The van der Waals surface area contributed by atoms with Crippen LogP contribution in [0.4, 0.5) is 0 Å². The number of carbonyl (C=O) groups excluding carboxylic acids is 1. The zero-order valence-corrected chi connectivity index (χ0v) is 13.8. The van der Waals surface area contributed by atoms with Gasteiger partial charge in [0.15, 0.2) is 0 Å².